The fourth-order valence-electron chi connectivity index (χ4n) is 0.616. The zero-order valence-corrected chi connectivity index (χ0v) is 7.13. The first kappa shape index (κ1) is 9.88. The second kappa shape index (κ2) is 5.65. The Balaban J connectivity index is 4.00. The third-order valence-electron chi connectivity index (χ3n) is 1.33. The van der Waals surface area contributed by atoms with Crippen LogP contribution in [0.1, 0.15) is 26.7 Å². The first-order chi connectivity index (χ1) is 5.28. The number of allylic oxidation sites excluding steroid dienone is 2. The van der Waals surface area contributed by atoms with E-state index in [2.05, 4.69) is 0 Å². The maximum atomic E-state index is 5.32. The molecular weight excluding hydrogens is 140 g/mol. The molecular formula is C8H16N2O. The summed E-state index contributed by atoms with van der Waals surface area (Å²) < 4.78 is 5.32. The molecule has 0 aliphatic heterocycles. The predicted octanol–water partition coefficient (Wildman–Crippen LogP) is 1.42. The summed E-state index contributed by atoms with van der Waals surface area (Å²) in [6.07, 6.45) is 4.49. The first-order valence-corrected chi connectivity index (χ1v) is 3.77. The van der Waals surface area contributed by atoms with Gasteiger partial charge in [-0.15, -0.1) is 0 Å². The van der Waals surface area contributed by atoms with Gasteiger partial charge in [-0.1, -0.05) is 13.8 Å². The van der Waals surface area contributed by atoms with Crippen molar-refractivity contribution in [2.45, 2.75) is 26.7 Å². The number of rotatable bonds is 4. The second-order valence-electron chi connectivity index (χ2n) is 2.08. The van der Waals surface area contributed by atoms with Gasteiger partial charge in [0.15, 0.2) is 0 Å². The van der Waals surface area contributed by atoms with Gasteiger partial charge in [0.2, 0.25) is 0 Å². The van der Waals surface area contributed by atoms with Crippen molar-refractivity contribution in [2.24, 2.45) is 11.5 Å². The van der Waals surface area contributed by atoms with Crippen LogP contribution >= 0.6 is 0 Å². The van der Waals surface area contributed by atoms with Gasteiger partial charge in [0.05, 0.1) is 0 Å². The maximum absolute atomic E-state index is 5.32. The molecule has 0 saturated carbocycles. The minimum atomic E-state index is 0.753. The third-order valence-corrected chi connectivity index (χ3v) is 1.33. The molecule has 0 amide bonds. The van der Waals surface area contributed by atoms with E-state index in [1.54, 1.807) is 0 Å². The molecule has 0 heterocycles. The van der Waals surface area contributed by atoms with Crippen molar-refractivity contribution in [3.05, 3.63) is 23.9 Å². The lowest BCUT2D eigenvalue weighted by Crippen LogP contribution is -1.97. The van der Waals surface area contributed by atoms with Gasteiger partial charge in [0.25, 0.3) is 0 Å². The van der Waals surface area contributed by atoms with Crippen LogP contribution in [0.5, 0.6) is 0 Å². The SMILES string of the molecule is CCC(=CN)OC(=CN)CC. The van der Waals surface area contributed by atoms with E-state index in [1.165, 1.54) is 12.4 Å². The zero-order chi connectivity index (χ0) is 8.69. The lowest BCUT2D eigenvalue weighted by molar-refractivity contribution is 0.281. The Bertz CT molecular complexity index is 143. The highest BCUT2D eigenvalue weighted by atomic mass is 16.5. The molecule has 3 nitrogen and oxygen atoms in total. The Kier molecular flexibility index (Phi) is 5.07. The molecule has 0 saturated heterocycles. The Morgan fingerprint density at radius 1 is 1.09 bits per heavy atom. The minimum Gasteiger partial charge on any atom is -0.463 e. The fourth-order valence-corrected chi connectivity index (χ4v) is 0.616. The van der Waals surface area contributed by atoms with E-state index in [0.29, 0.717) is 0 Å². The van der Waals surface area contributed by atoms with Gasteiger partial charge in [0.1, 0.15) is 11.5 Å². The Morgan fingerprint density at radius 2 is 1.45 bits per heavy atom. The Morgan fingerprint density at radius 3 is 1.64 bits per heavy atom. The highest BCUT2D eigenvalue weighted by Crippen LogP contribution is 2.10. The van der Waals surface area contributed by atoms with Crippen LogP contribution in [0.25, 0.3) is 0 Å². The van der Waals surface area contributed by atoms with Crippen molar-refractivity contribution in [3.8, 4) is 0 Å². The summed E-state index contributed by atoms with van der Waals surface area (Å²) in [7, 11) is 0. The largest absolute Gasteiger partial charge is 0.463 e. The van der Waals surface area contributed by atoms with Crippen molar-refractivity contribution in [1.82, 2.24) is 0 Å². The zero-order valence-electron chi connectivity index (χ0n) is 7.13. The van der Waals surface area contributed by atoms with E-state index in [9.17, 15) is 0 Å². The average molecular weight is 156 g/mol. The van der Waals surface area contributed by atoms with Crippen molar-refractivity contribution in [3.63, 3.8) is 0 Å². The molecule has 0 aromatic carbocycles. The maximum Gasteiger partial charge on any atom is 0.119 e. The van der Waals surface area contributed by atoms with Crippen LogP contribution < -0.4 is 11.5 Å². The quantitative estimate of drug-likeness (QED) is 0.605. The second-order valence-corrected chi connectivity index (χ2v) is 2.08. The van der Waals surface area contributed by atoms with E-state index in [-0.39, 0.29) is 0 Å². The number of hydrogen-bond acceptors (Lipinski definition) is 3. The molecule has 4 N–H and O–H groups in total. The van der Waals surface area contributed by atoms with E-state index >= 15 is 0 Å². The molecule has 11 heavy (non-hydrogen) atoms. The monoisotopic (exact) mass is 156 g/mol. The summed E-state index contributed by atoms with van der Waals surface area (Å²) in [5.41, 5.74) is 10.6. The first-order valence-electron chi connectivity index (χ1n) is 3.77. The minimum absolute atomic E-state index is 0.753. The lowest BCUT2D eigenvalue weighted by Gasteiger charge is -2.08. The summed E-state index contributed by atoms with van der Waals surface area (Å²) in [6.45, 7) is 3.95. The topological polar surface area (TPSA) is 61.3 Å². The molecule has 0 rings (SSSR count). The van der Waals surface area contributed by atoms with E-state index in [4.69, 9.17) is 16.2 Å². The smallest absolute Gasteiger partial charge is 0.119 e. The van der Waals surface area contributed by atoms with E-state index in [0.717, 1.165) is 24.4 Å². The standard InChI is InChI=1S/C8H16N2O/c1-3-7(5-9)11-8(4-2)6-10/h5-6H,3-4,9-10H2,1-2H3. The number of nitrogens with two attached hydrogens (primary N) is 2. The van der Waals surface area contributed by atoms with Gasteiger partial charge >= 0.3 is 0 Å². The summed E-state index contributed by atoms with van der Waals surface area (Å²) >= 11 is 0. The lowest BCUT2D eigenvalue weighted by atomic mass is 10.4. The van der Waals surface area contributed by atoms with Crippen molar-refractivity contribution < 1.29 is 4.74 Å². The molecule has 0 bridgehead atoms. The molecule has 0 atom stereocenters. The number of ether oxygens (including phenoxy) is 1. The highest BCUT2D eigenvalue weighted by Gasteiger charge is 1.97. The highest BCUT2D eigenvalue weighted by molar-refractivity contribution is 4.98. The van der Waals surface area contributed by atoms with Crippen LogP contribution in [0.3, 0.4) is 0 Å². The molecule has 0 spiro atoms. The molecule has 0 aliphatic carbocycles. The summed E-state index contributed by atoms with van der Waals surface area (Å²) in [6, 6.07) is 0. The van der Waals surface area contributed by atoms with Crippen LogP contribution in [0.2, 0.25) is 0 Å². The normalized spacial score (nSPS) is 13.3. The van der Waals surface area contributed by atoms with E-state index in [1.807, 2.05) is 13.8 Å². The average Bonchev–Trinajstić information content (AvgIpc) is 2.07. The van der Waals surface area contributed by atoms with Crippen LogP contribution in [0.4, 0.5) is 0 Å². The predicted molar refractivity (Wildman–Crippen MR) is 46.2 cm³/mol. The van der Waals surface area contributed by atoms with Crippen LogP contribution in [-0.4, -0.2) is 0 Å². The van der Waals surface area contributed by atoms with Crippen LogP contribution in [0.15, 0.2) is 23.9 Å². The van der Waals surface area contributed by atoms with Gasteiger partial charge < -0.3 is 16.2 Å². The van der Waals surface area contributed by atoms with Crippen LogP contribution in [0, 0.1) is 0 Å². The van der Waals surface area contributed by atoms with Crippen molar-refractivity contribution in [2.75, 3.05) is 0 Å². The van der Waals surface area contributed by atoms with Gasteiger partial charge in [-0.25, -0.2) is 0 Å². The summed E-state index contributed by atoms with van der Waals surface area (Å²) in [5, 5.41) is 0. The van der Waals surface area contributed by atoms with Crippen LogP contribution in [-0.2, 0) is 4.74 Å². The Labute approximate surface area is 67.7 Å². The molecule has 0 unspecified atom stereocenters. The molecule has 0 aromatic heterocycles. The van der Waals surface area contributed by atoms with Crippen molar-refractivity contribution in [1.29, 1.82) is 0 Å². The molecule has 3 heteroatoms. The van der Waals surface area contributed by atoms with Gasteiger partial charge in [-0.3, -0.25) is 0 Å². The fraction of sp³-hybridized carbons (Fsp3) is 0.500. The molecule has 0 radical (unpaired) electrons. The third kappa shape index (κ3) is 3.55. The Hall–Kier alpha value is -1.12. The molecule has 0 fully saturated rings. The number of hydrogen-bond donors (Lipinski definition) is 2. The van der Waals surface area contributed by atoms with Crippen molar-refractivity contribution >= 4 is 0 Å². The summed E-state index contributed by atoms with van der Waals surface area (Å²) in [5.74, 6) is 1.51. The van der Waals surface area contributed by atoms with Gasteiger partial charge in [0, 0.05) is 25.2 Å². The molecule has 0 aromatic rings. The summed E-state index contributed by atoms with van der Waals surface area (Å²) in [4.78, 5) is 0. The molecule has 0 aliphatic rings. The van der Waals surface area contributed by atoms with Gasteiger partial charge in [-0.2, -0.15) is 0 Å². The van der Waals surface area contributed by atoms with E-state index < -0.39 is 0 Å². The van der Waals surface area contributed by atoms with Gasteiger partial charge in [-0.05, 0) is 0 Å². The molecule has 64 valence electrons.